The van der Waals surface area contributed by atoms with E-state index >= 15 is 0 Å². The molecule has 4 nitrogen and oxygen atoms in total. The summed E-state index contributed by atoms with van der Waals surface area (Å²) in [5, 5.41) is 2.39. The number of anilines is 5. The Bertz CT molecular complexity index is 2500. The average Bonchev–Trinajstić information content (AvgIpc) is 3.69. The van der Waals surface area contributed by atoms with E-state index in [4.69, 9.17) is 4.98 Å². The highest BCUT2D eigenvalue weighted by Crippen LogP contribution is 2.51. The van der Waals surface area contributed by atoms with E-state index in [1.54, 1.807) is 0 Å². The van der Waals surface area contributed by atoms with Crippen molar-refractivity contribution >= 4 is 56.3 Å². The molecule has 1 aliphatic heterocycles. The SMILES string of the molecule is CC1CC=Cc2c1n(-c1ccccc1)c1ccc(N(c3ccc4c(c3)C3C=CC=CC3N4c3ccccc3)c3cccc4ncccc34)cc21. The van der Waals surface area contributed by atoms with Gasteiger partial charge in [0, 0.05) is 68.5 Å². The van der Waals surface area contributed by atoms with Crippen LogP contribution in [0.4, 0.5) is 28.4 Å². The van der Waals surface area contributed by atoms with Gasteiger partial charge in [-0.2, -0.15) is 0 Å². The van der Waals surface area contributed by atoms with Crippen LogP contribution in [0, 0.1) is 0 Å². The summed E-state index contributed by atoms with van der Waals surface area (Å²) in [5.41, 5.74) is 13.3. The molecule has 7 aromatic rings. The van der Waals surface area contributed by atoms with Crippen LogP contribution in [0.15, 0.2) is 164 Å². The molecule has 3 unspecified atom stereocenters. The highest BCUT2D eigenvalue weighted by molar-refractivity contribution is 6.01. The first kappa shape index (κ1) is 28.8. The Hall–Kier alpha value is -6.13. The summed E-state index contributed by atoms with van der Waals surface area (Å²) in [6, 6.07) is 46.6. The number of hydrogen-bond acceptors (Lipinski definition) is 3. The molecule has 0 amide bonds. The molecule has 0 spiro atoms. The molecule has 4 heteroatoms. The number of para-hydroxylation sites is 2. The second kappa shape index (κ2) is 11.5. The molecule has 5 aromatic carbocycles. The first-order chi connectivity index (χ1) is 24.7. The van der Waals surface area contributed by atoms with E-state index in [1.165, 1.54) is 44.8 Å². The molecular formula is C46H36N4. The number of hydrogen-bond donors (Lipinski definition) is 0. The summed E-state index contributed by atoms with van der Waals surface area (Å²) in [6.07, 6.45) is 16.7. The fourth-order valence-corrected chi connectivity index (χ4v) is 8.55. The monoisotopic (exact) mass is 644 g/mol. The largest absolute Gasteiger partial charge is 0.333 e. The molecule has 50 heavy (non-hydrogen) atoms. The number of rotatable bonds is 5. The molecule has 2 aromatic heterocycles. The van der Waals surface area contributed by atoms with Crippen LogP contribution >= 0.6 is 0 Å². The van der Waals surface area contributed by atoms with Gasteiger partial charge >= 0.3 is 0 Å². The van der Waals surface area contributed by atoms with Crippen molar-refractivity contribution in [1.82, 2.24) is 9.55 Å². The lowest BCUT2D eigenvalue weighted by molar-refractivity contribution is 0.723. The predicted octanol–water partition coefficient (Wildman–Crippen LogP) is 11.9. The Morgan fingerprint density at radius 3 is 2.34 bits per heavy atom. The standard InChI is InChI=1S/C46H36N4/c1-31-13-10-19-37-40-30-35(25-27-45(40)50(46(31)37)33-16-6-3-7-17-33)48(43-23-11-21-41-38(43)20-12-28-47-41)34-24-26-44-39(29-34)36-18-8-9-22-42(36)49(44)32-14-4-2-5-15-32/h2-12,14-31,36,42H,13H2,1H3. The van der Waals surface area contributed by atoms with Crippen LogP contribution < -0.4 is 9.80 Å². The average molecular weight is 645 g/mol. The van der Waals surface area contributed by atoms with Crippen molar-refractivity contribution < 1.29 is 0 Å². The van der Waals surface area contributed by atoms with Crippen molar-refractivity contribution in [3.05, 3.63) is 181 Å². The van der Waals surface area contributed by atoms with Gasteiger partial charge in [0.1, 0.15) is 0 Å². The summed E-state index contributed by atoms with van der Waals surface area (Å²) in [4.78, 5) is 9.69. The first-order valence-electron chi connectivity index (χ1n) is 17.6. The van der Waals surface area contributed by atoms with Crippen molar-refractivity contribution in [3.8, 4) is 5.69 Å². The Morgan fingerprint density at radius 1 is 0.700 bits per heavy atom. The molecule has 3 atom stereocenters. The highest BCUT2D eigenvalue weighted by atomic mass is 15.2. The van der Waals surface area contributed by atoms with Gasteiger partial charge in [-0.15, -0.1) is 0 Å². The van der Waals surface area contributed by atoms with Crippen molar-refractivity contribution in [2.75, 3.05) is 9.80 Å². The first-order valence-corrected chi connectivity index (χ1v) is 17.6. The van der Waals surface area contributed by atoms with E-state index in [0.29, 0.717) is 5.92 Å². The maximum atomic E-state index is 4.76. The maximum Gasteiger partial charge on any atom is 0.0723 e. The molecule has 0 saturated carbocycles. The van der Waals surface area contributed by atoms with Crippen LogP contribution in [0.5, 0.6) is 0 Å². The lowest BCUT2D eigenvalue weighted by Gasteiger charge is -2.29. The third kappa shape index (κ3) is 4.41. The minimum Gasteiger partial charge on any atom is -0.333 e. The lowest BCUT2D eigenvalue weighted by Crippen LogP contribution is -2.28. The second-order valence-corrected chi connectivity index (χ2v) is 13.6. The summed E-state index contributed by atoms with van der Waals surface area (Å²) < 4.78 is 2.48. The summed E-state index contributed by atoms with van der Waals surface area (Å²) in [7, 11) is 0. The number of fused-ring (bicyclic) bond motifs is 7. The quantitative estimate of drug-likeness (QED) is 0.186. The van der Waals surface area contributed by atoms with Gasteiger partial charge < -0.3 is 14.4 Å². The summed E-state index contributed by atoms with van der Waals surface area (Å²) >= 11 is 0. The van der Waals surface area contributed by atoms with Crippen molar-refractivity contribution in [2.45, 2.75) is 31.2 Å². The number of aromatic nitrogens is 2. The molecule has 2 aliphatic carbocycles. The molecule has 0 N–H and O–H groups in total. The lowest BCUT2D eigenvalue weighted by atomic mass is 9.91. The van der Waals surface area contributed by atoms with E-state index in [1.807, 2.05) is 12.3 Å². The van der Waals surface area contributed by atoms with Gasteiger partial charge in [-0.25, -0.2) is 0 Å². The van der Waals surface area contributed by atoms with Gasteiger partial charge in [0.05, 0.1) is 22.8 Å². The molecule has 240 valence electrons. The third-order valence-electron chi connectivity index (χ3n) is 10.7. The van der Waals surface area contributed by atoms with Gasteiger partial charge in [-0.3, -0.25) is 4.98 Å². The van der Waals surface area contributed by atoms with E-state index in [0.717, 1.165) is 34.4 Å². The Kier molecular flexibility index (Phi) is 6.63. The molecule has 0 radical (unpaired) electrons. The summed E-state index contributed by atoms with van der Waals surface area (Å²) in [6.45, 7) is 2.35. The van der Waals surface area contributed by atoms with Crippen LogP contribution in [-0.4, -0.2) is 15.6 Å². The van der Waals surface area contributed by atoms with E-state index in [2.05, 4.69) is 179 Å². The Labute approximate surface area is 292 Å². The van der Waals surface area contributed by atoms with Crippen molar-refractivity contribution in [2.24, 2.45) is 0 Å². The molecule has 3 heterocycles. The minimum absolute atomic E-state index is 0.234. The Morgan fingerprint density at radius 2 is 1.48 bits per heavy atom. The van der Waals surface area contributed by atoms with Crippen molar-refractivity contribution in [3.63, 3.8) is 0 Å². The molecule has 0 bridgehead atoms. The third-order valence-corrected chi connectivity index (χ3v) is 10.7. The van der Waals surface area contributed by atoms with Crippen LogP contribution in [0.2, 0.25) is 0 Å². The highest BCUT2D eigenvalue weighted by Gasteiger charge is 2.38. The summed E-state index contributed by atoms with van der Waals surface area (Å²) in [5.74, 6) is 0.674. The Balaban J connectivity index is 1.20. The minimum atomic E-state index is 0.234. The topological polar surface area (TPSA) is 24.3 Å². The molecule has 0 fully saturated rings. The number of pyridine rings is 1. The fourth-order valence-electron chi connectivity index (χ4n) is 8.55. The van der Waals surface area contributed by atoms with Crippen LogP contribution in [0.3, 0.4) is 0 Å². The number of nitrogens with zero attached hydrogens (tertiary/aromatic N) is 4. The van der Waals surface area contributed by atoms with Gasteiger partial charge in [-0.1, -0.05) is 85.8 Å². The zero-order valence-electron chi connectivity index (χ0n) is 27.9. The predicted molar refractivity (Wildman–Crippen MR) is 209 cm³/mol. The normalized spacial score (nSPS) is 18.7. The smallest absolute Gasteiger partial charge is 0.0723 e. The van der Waals surface area contributed by atoms with Gasteiger partial charge in [0.25, 0.3) is 0 Å². The molecule has 3 aliphatic rings. The number of benzene rings is 5. The number of allylic oxidation sites excluding steroid dienone is 3. The zero-order chi connectivity index (χ0) is 33.2. The van der Waals surface area contributed by atoms with E-state index in [-0.39, 0.29) is 12.0 Å². The van der Waals surface area contributed by atoms with Gasteiger partial charge in [0.15, 0.2) is 0 Å². The molecular weight excluding hydrogens is 609 g/mol. The maximum absolute atomic E-state index is 4.76. The second-order valence-electron chi connectivity index (χ2n) is 13.6. The van der Waals surface area contributed by atoms with Gasteiger partial charge in [-0.05, 0) is 96.9 Å². The van der Waals surface area contributed by atoms with Crippen LogP contribution in [0.1, 0.15) is 42.0 Å². The molecule has 0 saturated heterocycles. The van der Waals surface area contributed by atoms with Crippen LogP contribution in [0.25, 0.3) is 33.6 Å². The fraction of sp³-hybridized carbons (Fsp3) is 0.109. The van der Waals surface area contributed by atoms with Gasteiger partial charge in [0.2, 0.25) is 0 Å². The molecule has 10 rings (SSSR count). The van der Waals surface area contributed by atoms with Crippen molar-refractivity contribution in [1.29, 1.82) is 0 Å². The van der Waals surface area contributed by atoms with E-state index < -0.39 is 0 Å². The van der Waals surface area contributed by atoms with E-state index in [9.17, 15) is 0 Å². The zero-order valence-corrected chi connectivity index (χ0v) is 27.9. The van der Waals surface area contributed by atoms with Crippen LogP contribution in [-0.2, 0) is 0 Å².